The third-order valence-corrected chi connectivity index (χ3v) is 6.29. The van der Waals surface area contributed by atoms with E-state index in [-0.39, 0.29) is 0 Å². The average molecular weight is 483 g/mol. The maximum Gasteiger partial charge on any atom is 0.162 e. The van der Waals surface area contributed by atoms with Gasteiger partial charge in [0.15, 0.2) is 11.3 Å². The van der Waals surface area contributed by atoms with E-state index in [1.165, 1.54) is 0 Å². The highest BCUT2D eigenvalue weighted by atomic mass is 35.5. The van der Waals surface area contributed by atoms with Gasteiger partial charge >= 0.3 is 0 Å². The summed E-state index contributed by atoms with van der Waals surface area (Å²) in [6.07, 6.45) is 5.16. The molecule has 0 spiro atoms. The van der Waals surface area contributed by atoms with Crippen molar-refractivity contribution in [3.63, 3.8) is 0 Å². The van der Waals surface area contributed by atoms with Crippen LogP contribution in [0.25, 0.3) is 33.5 Å². The maximum absolute atomic E-state index is 6.41. The van der Waals surface area contributed by atoms with Crippen molar-refractivity contribution in [1.82, 2.24) is 24.9 Å². The van der Waals surface area contributed by atoms with Crippen LogP contribution in [0.15, 0.2) is 55.0 Å². The van der Waals surface area contributed by atoms with Crippen molar-refractivity contribution in [1.29, 1.82) is 0 Å². The maximum atomic E-state index is 6.41. The van der Waals surface area contributed by atoms with Crippen LogP contribution in [0.1, 0.15) is 16.7 Å². The summed E-state index contributed by atoms with van der Waals surface area (Å²) in [5, 5.41) is 3.44. The summed E-state index contributed by atoms with van der Waals surface area (Å²) in [4.78, 5) is 21.4. The van der Waals surface area contributed by atoms with E-state index in [4.69, 9.17) is 34.8 Å². The molecule has 8 heteroatoms. The molecular formula is C24H18Cl3N5. The molecule has 0 atom stereocenters. The van der Waals surface area contributed by atoms with Gasteiger partial charge in [0.1, 0.15) is 5.15 Å². The van der Waals surface area contributed by atoms with Crippen molar-refractivity contribution in [2.75, 3.05) is 0 Å². The number of aromatic nitrogens is 5. The van der Waals surface area contributed by atoms with Crippen molar-refractivity contribution < 1.29 is 0 Å². The monoisotopic (exact) mass is 481 g/mol. The summed E-state index contributed by atoms with van der Waals surface area (Å²) >= 11 is 18.3. The number of hydrogen-bond acceptors (Lipinski definition) is 5. The van der Waals surface area contributed by atoms with Crippen LogP contribution in [-0.2, 0) is 0 Å². The zero-order valence-corrected chi connectivity index (χ0v) is 19.8. The van der Waals surface area contributed by atoms with Crippen molar-refractivity contribution in [2.24, 2.45) is 0 Å². The number of nitrogens with zero attached hydrogens (tertiary/aromatic N) is 5. The van der Waals surface area contributed by atoms with E-state index in [1.54, 1.807) is 18.6 Å². The molecule has 5 heterocycles. The molecule has 0 fully saturated rings. The van der Waals surface area contributed by atoms with Crippen LogP contribution in [0.3, 0.4) is 0 Å². The van der Waals surface area contributed by atoms with Gasteiger partial charge in [-0.15, -0.1) is 0 Å². The first-order valence-electron chi connectivity index (χ1n) is 9.77. The Labute approximate surface area is 200 Å². The SMILES string of the molecule is Cc1c(Cl)nc2ncccc2c1Cl.Cc1ccnc(-c2nc3ncccc3c(Cl)c2C)c1. The Morgan fingerprint density at radius 2 is 1.25 bits per heavy atom. The van der Waals surface area contributed by atoms with Crippen LogP contribution >= 0.6 is 34.8 Å². The molecule has 160 valence electrons. The van der Waals surface area contributed by atoms with Crippen molar-refractivity contribution in [3.8, 4) is 11.4 Å². The van der Waals surface area contributed by atoms with Crippen molar-refractivity contribution in [3.05, 3.63) is 86.9 Å². The van der Waals surface area contributed by atoms with Gasteiger partial charge in [-0.25, -0.2) is 19.9 Å². The van der Waals surface area contributed by atoms with Gasteiger partial charge < -0.3 is 0 Å². The van der Waals surface area contributed by atoms with Gasteiger partial charge in [0.2, 0.25) is 0 Å². The molecule has 5 rings (SSSR count). The minimum Gasteiger partial charge on any atom is -0.255 e. The van der Waals surface area contributed by atoms with E-state index < -0.39 is 0 Å². The van der Waals surface area contributed by atoms with Crippen LogP contribution in [0.5, 0.6) is 0 Å². The van der Waals surface area contributed by atoms with E-state index in [0.717, 1.165) is 38.9 Å². The molecule has 5 nitrogen and oxygen atoms in total. The minimum absolute atomic E-state index is 0.413. The van der Waals surface area contributed by atoms with E-state index in [2.05, 4.69) is 24.9 Å². The van der Waals surface area contributed by atoms with Gasteiger partial charge in [0.05, 0.1) is 21.4 Å². The van der Waals surface area contributed by atoms with E-state index in [9.17, 15) is 0 Å². The fourth-order valence-corrected chi connectivity index (χ4v) is 3.89. The molecule has 5 aromatic heterocycles. The summed E-state index contributed by atoms with van der Waals surface area (Å²) in [6.45, 7) is 5.83. The molecular weight excluding hydrogens is 465 g/mol. The van der Waals surface area contributed by atoms with Gasteiger partial charge in [-0.05, 0) is 68.3 Å². The Morgan fingerprint density at radius 1 is 0.656 bits per heavy atom. The lowest BCUT2D eigenvalue weighted by Crippen LogP contribution is -1.95. The summed E-state index contributed by atoms with van der Waals surface area (Å²) in [7, 11) is 0. The summed E-state index contributed by atoms with van der Waals surface area (Å²) in [5.74, 6) is 0. The largest absolute Gasteiger partial charge is 0.255 e. The van der Waals surface area contributed by atoms with Crippen LogP contribution in [0.4, 0.5) is 0 Å². The number of fused-ring (bicyclic) bond motifs is 2. The lowest BCUT2D eigenvalue weighted by atomic mass is 10.1. The van der Waals surface area contributed by atoms with Gasteiger partial charge in [-0.1, -0.05) is 34.8 Å². The lowest BCUT2D eigenvalue weighted by Gasteiger charge is -2.09. The van der Waals surface area contributed by atoms with Crippen molar-refractivity contribution >= 4 is 56.9 Å². The molecule has 32 heavy (non-hydrogen) atoms. The first-order chi connectivity index (χ1) is 15.4. The standard InChI is InChI=1S/C15H12ClN3.C9H6Cl2N2/c1-9-5-7-17-12(8-9)14-10(2)13(16)11-4-3-6-18-15(11)19-14;1-5-7(10)6-3-2-4-12-9(6)13-8(5)11/h3-8H,1-2H3;2-4H,1H3. The number of aryl methyl sites for hydroxylation is 1. The molecule has 0 aliphatic rings. The molecule has 0 aromatic carbocycles. The Kier molecular flexibility index (Phi) is 6.51. The minimum atomic E-state index is 0.413. The van der Waals surface area contributed by atoms with Crippen molar-refractivity contribution in [2.45, 2.75) is 20.8 Å². The highest BCUT2D eigenvalue weighted by molar-refractivity contribution is 6.39. The predicted molar refractivity (Wildman–Crippen MR) is 132 cm³/mol. The Hall–Kier alpha value is -2.86. The second-order valence-corrected chi connectivity index (χ2v) is 8.32. The topological polar surface area (TPSA) is 64.5 Å². The van der Waals surface area contributed by atoms with E-state index in [0.29, 0.717) is 26.5 Å². The Bertz CT molecular complexity index is 1450. The first kappa shape index (κ1) is 22.3. The van der Waals surface area contributed by atoms with Gasteiger partial charge in [0, 0.05) is 34.9 Å². The smallest absolute Gasteiger partial charge is 0.162 e. The van der Waals surface area contributed by atoms with E-state index >= 15 is 0 Å². The summed E-state index contributed by atoms with van der Waals surface area (Å²) in [5.41, 5.74) is 5.72. The molecule has 0 N–H and O–H groups in total. The first-order valence-corrected chi connectivity index (χ1v) is 10.9. The quantitative estimate of drug-likeness (QED) is 0.236. The number of rotatable bonds is 1. The highest BCUT2D eigenvalue weighted by Crippen LogP contribution is 2.31. The molecule has 0 aliphatic heterocycles. The number of halogens is 3. The Morgan fingerprint density at radius 3 is 1.88 bits per heavy atom. The van der Waals surface area contributed by atoms with Crippen LogP contribution in [0, 0.1) is 20.8 Å². The summed E-state index contributed by atoms with van der Waals surface area (Å²) in [6, 6.07) is 11.4. The van der Waals surface area contributed by atoms with E-state index in [1.807, 2.05) is 57.2 Å². The molecule has 0 radical (unpaired) electrons. The molecule has 0 amide bonds. The third kappa shape index (κ3) is 4.37. The summed E-state index contributed by atoms with van der Waals surface area (Å²) < 4.78 is 0. The van der Waals surface area contributed by atoms with Crippen LogP contribution in [0.2, 0.25) is 15.2 Å². The van der Waals surface area contributed by atoms with Gasteiger partial charge in [-0.2, -0.15) is 0 Å². The second kappa shape index (κ2) is 9.33. The molecule has 5 aromatic rings. The zero-order valence-electron chi connectivity index (χ0n) is 17.6. The van der Waals surface area contributed by atoms with Gasteiger partial charge in [-0.3, -0.25) is 4.98 Å². The predicted octanol–water partition coefficient (Wildman–Crippen LogP) is 7.21. The molecule has 0 saturated carbocycles. The highest BCUT2D eigenvalue weighted by Gasteiger charge is 2.13. The molecule has 0 saturated heterocycles. The fraction of sp³-hybridized carbons (Fsp3) is 0.125. The van der Waals surface area contributed by atoms with Crippen LogP contribution < -0.4 is 0 Å². The molecule has 0 aliphatic carbocycles. The molecule has 0 unspecified atom stereocenters. The number of hydrogen-bond donors (Lipinski definition) is 0. The lowest BCUT2D eigenvalue weighted by molar-refractivity contribution is 1.20. The zero-order chi connectivity index (χ0) is 22.8. The number of pyridine rings is 5. The normalized spacial score (nSPS) is 10.8. The third-order valence-electron chi connectivity index (χ3n) is 4.95. The molecule has 0 bridgehead atoms. The fourth-order valence-electron chi connectivity index (χ4n) is 3.19. The van der Waals surface area contributed by atoms with Gasteiger partial charge in [0.25, 0.3) is 0 Å². The van der Waals surface area contributed by atoms with Crippen LogP contribution in [-0.4, -0.2) is 24.9 Å². The second-order valence-electron chi connectivity index (χ2n) is 7.21. The Balaban J connectivity index is 0.000000165. The average Bonchev–Trinajstić information content (AvgIpc) is 2.80.